The van der Waals surface area contributed by atoms with Gasteiger partial charge in [0.25, 0.3) is 0 Å². The minimum absolute atomic E-state index is 0.0511. The summed E-state index contributed by atoms with van der Waals surface area (Å²) in [4.78, 5) is 25.5. The van der Waals surface area contributed by atoms with Gasteiger partial charge in [0, 0.05) is 30.4 Å². The fraction of sp³-hybridized carbons (Fsp3) is 0.238. The van der Waals surface area contributed by atoms with Gasteiger partial charge in [-0.25, -0.2) is 9.59 Å². The van der Waals surface area contributed by atoms with Crippen LogP contribution in [0.5, 0.6) is 11.5 Å². The smallest absolute Gasteiger partial charge is 0.336 e. The molecule has 6 nitrogen and oxygen atoms in total. The number of anilines is 1. The number of nitrogens with one attached hydrogen (secondary N) is 1. The van der Waals surface area contributed by atoms with Gasteiger partial charge in [0.1, 0.15) is 11.5 Å². The number of benzene rings is 2. The van der Waals surface area contributed by atoms with E-state index in [1.807, 2.05) is 38.1 Å². The molecule has 0 aromatic heterocycles. The Hall–Kier alpha value is -3.28. The average molecular weight is 368 g/mol. The van der Waals surface area contributed by atoms with E-state index in [0.29, 0.717) is 17.2 Å². The highest BCUT2D eigenvalue weighted by atomic mass is 16.5. The van der Waals surface area contributed by atoms with E-state index in [1.165, 1.54) is 11.0 Å². The molecule has 2 rings (SSSR count). The molecule has 0 fully saturated rings. The van der Waals surface area contributed by atoms with Crippen LogP contribution in [0.25, 0.3) is 6.08 Å². The Bertz CT molecular complexity index is 813. The summed E-state index contributed by atoms with van der Waals surface area (Å²) in [6.07, 6.45) is 2.98. The number of carbonyl (C=O) groups excluding carboxylic acids is 2. The number of hydrogen-bond acceptors (Lipinski definition) is 4. The summed E-state index contributed by atoms with van der Waals surface area (Å²) in [6, 6.07) is 13.9. The van der Waals surface area contributed by atoms with Gasteiger partial charge in [-0.2, -0.15) is 0 Å². The van der Waals surface area contributed by atoms with Crippen LogP contribution in [0.4, 0.5) is 10.5 Å². The van der Waals surface area contributed by atoms with Crippen LogP contribution in [-0.4, -0.2) is 32.2 Å². The topological polar surface area (TPSA) is 67.9 Å². The van der Waals surface area contributed by atoms with Crippen LogP contribution in [0.1, 0.15) is 19.4 Å². The minimum atomic E-state index is -0.500. The van der Waals surface area contributed by atoms with Crippen LogP contribution in [0.3, 0.4) is 0 Å². The van der Waals surface area contributed by atoms with E-state index in [4.69, 9.17) is 9.47 Å². The second-order valence-corrected chi connectivity index (χ2v) is 6.15. The summed E-state index contributed by atoms with van der Waals surface area (Å²) in [6.45, 7) is 3.79. The van der Waals surface area contributed by atoms with Crippen molar-refractivity contribution in [2.75, 3.05) is 19.1 Å². The van der Waals surface area contributed by atoms with Gasteiger partial charge in [0.05, 0.1) is 7.11 Å². The summed E-state index contributed by atoms with van der Waals surface area (Å²) < 4.78 is 10.5. The first-order chi connectivity index (χ1) is 12.9. The first-order valence-corrected chi connectivity index (χ1v) is 8.58. The van der Waals surface area contributed by atoms with Crippen LogP contribution in [0.2, 0.25) is 0 Å². The minimum Gasteiger partial charge on any atom is -0.496 e. The van der Waals surface area contributed by atoms with Crippen LogP contribution in [0.15, 0.2) is 54.6 Å². The molecule has 0 saturated carbocycles. The van der Waals surface area contributed by atoms with Crippen molar-refractivity contribution in [2.24, 2.45) is 0 Å². The van der Waals surface area contributed by atoms with Gasteiger partial charge in [-0.05, 0) is 50.3 Å². The maximum Gasteiger partial charge on any atom is 0.336 e. The second-order valence-electron chi connectivity index (χ2n) is 6.15. The molecule has 2 aromatic rings. The summed E-state index contributed by atoms with van der Waals surface area (Å²) >= 11 is 0. The molecule has 0 aliphatic rings. The third kappa shape index (κ3) is 5.88. The molecule has 6 heteroatoms. The lowest BCUT2D eigenvalue weighted by atomic mass is 10.2. The summed E-state index contributed by atoms with van der Waals surface area (Å²) in [5, 5.41) is 2.81. The van der Waals surface area contributed by atoms with E-state index in [-0.39, 0.29) is 12.1 Å². The van der Waals surface area contributed by atoms with Crippen molar-refractivity contribution < 1.29 is 19.1 Å². The Balaban J connectivity index is 1.98. The lowest BCUT2D eigenvalue weighted by Gasteiger charge is -2.19. The van der Waals surface area contributed by atoms with Crippen molar-refractivity contribution in [3.05, 3.63) is 60.2 Å². The van der Waals surface area contributed by atoms with Crippen molar-refractivity contribution in [1.29, 1.82) is 0 Å². The first-order valence-electron chi connectivity index (χ1n) is 8.58. The van der Waals surface area contributed by atoms with Crippen LogP contribution in [0, 0.1) is 0 Å². The van der Waals surface area contributed by atoms with Gasteiger partial charge in [-0.1, -0.05) is 18.2 Å². The maximum absolute atomic E-state index is 12.0. The van der Waals surface area contributed by atoms with Crippen LogP contribution < -0.4 is 19.7 Å². The number of nitrogens with zero attached hydrogens (tertiary/aromatic N) is 1. The normalized spacial score (nSPS) is 10.7. The summed E-state index contributed by atoms with van der Waals surface area (Å²) in [5.74, 6) is 0.569. The van der Waals surface area contributed by atoms with Crippen LogP contribution in [-0.2, 0) is 4.79 Å². The zero-order chi connectivity index (χ0) is 19.8. The Morgan fingerprint density at radius 1 is 1.07 bits per heavy atom. The standard InChI is InChI=1S/C21H24N2O4/c1-15(2)22-21(25)23(3)17-10-12-18(13-11-17)27-20(24)14-9-16-7-5-6-8-19(16)26-4/h5-15H,1-4H3,(H,22,25)/b14-9+. The third-order valence-corrected chi connectivity index (χ3v) is 3.70. The number of esters is 1. The molecular weight excluding hydrogens is 344 g/mol. The van der Waals surface area contributed by atoms with Crippen molar-refractivity contribution in [2.45, 2.75) is 19.9 Å². The largest absolute Gasteiger partial charge is 0.496 e. The number of amides is 2. The number of para-hydroxylation sites is 1. The first kappa shape index (κ1) is 20.0. The van der Waals surface area contributed by atoms with Crippen LogP contribution >= 0.6 is 0 Å². The van der Waals surface area contributed by atoms with Gasteiger partial charge in [-0.3, -0.25) is 4.90 Å². The zero-order valence-corrected chi connectivity index (χ0v) is 15.9. The Labute approximate surface area is 159 Å². The fourth-order valence-electron chi connectivity index (χ4n) is 2.31. The molecule has 1 N–H and O–H groups in total. The predicted octanol–water partition coefficient (Wildman–Crippen LogP) is 3.87. The van der Waals surface area contributed by atoms with Gasteiger partial charge in [0.2, 0.25) is 0 Å². The number of ether oxygens (including phenoxy) is 2. The molecule has 0 radical (unpaired) electrons. The molecule has 0 spiro atoms. The molecule has 142 valence electrons. The molecular formula is C21H24N2O4. The molecule has 2 amide bonds. The van der Waals surface area contributed by atoms with E-state index in [9.17, 15) is 9.59 Å². The Kier molecular flexibility index (Phi) is 7.00. The van der Waals surface area contributed by atoms with E-state index < -0.39 is 5.97 Å². The summed E-state index contributed by atoms with van der Waals surface area (Å²) in [7, 11) is 3.25. The lowest BCUT2D eigenvalue weighted by Crippen LogP contribution is -2.40. The van der Waals surface area contributed by atoms with Gasteiger partial charge < -0.3 is 14.8 Å². The van der Waals surface area contributed by atoms with E-state index in [0.717, 1.165) is 5.56 Å². The molecule has 2 aromatic carbocycles. The summed E-state index contributed by atoms with van der Waals surface area (Å²) in [5.41, 5.74) is 1.47. The highest BCUT2D eigenvalue weighted by Crippen LogP contribution is 2.20. The van der Waals surface area contributed by atoms with Gasteiger partial charge in [0.15, 0.2) is 0 Å². The number of rotatable bonds is 6. The molecule has 0 aliphatic carbocycles. The number of urea groups is 1. The molecule has 0 aliphatic heterocycles. The highest BCUT2D eigenvalue weighted by molar-refractivity contribution is 5.92. The fourth-order valence-corrected chi connectivity index (χ4v) is 2.31. The number of methoxy groups -OCH3 is 1. The van der Waals surface area contributed by atoms with E-state index >= 15 is 0 Å². The molecule has 0 saturated heterocycles. The van der Waals surface area contributed by atoms with Crippen molar-refractivity contribution >= 4 is 23.8 Å². The molecule has 0 unspecified atom stereocenters. The monoisotopic (exact) mass is 368 g/mol. The van der Waals surface area contributed by atoms with Crippen molar-refractivity contribution in [1.82, 2.24) is 5.32 Å². The SMILES string of the molecule is COc1ccccc1/C=C/C(=O)Oc1ccc(N(C)C(=O)NC(C)C)cc1. The number of hydrogen-bond donors (Lipinski definition) is 1. The molecule has 0 bridgehead atoms. The highest BCUT2D eigenvalue weighted by Gasteiger charge is 2.12. The quantitative estimate of drug-likeness (QED) is 0.477. The average Bonchev–Trinajstić information content (AvgIpc) is 2.66. The van der Waals surface area contributed by atoms with Gasteiger partial charge in [-0.15, -0.1) is 0 Å². The van der Waals surface area contributed by atoms with E-state index in [1.54, 1.807) is 44.5 Å². The lowest BCUT2D eigenvalue weighted by molar-refractivity contribution is -0.128. The second kappa shape index (κ2) is 9.43. The maximum atomic E-state index is 12.0. The third-order valence-electron chi connectivity index (χ3n) is 3.70. The van der Waals surface area contributed by atoms with Gasteiger partial charge >= 0.3 is 12.0 Å². The predicted molar refractivity (Wildman–Crippen MR) is 106 cm³/mol. The molecule has 0 atom stereocenters. The zero-order valence-electron chi connectivity index (χ0n) is 15.9. The molecule has 0 heterocycles. The number of carbonyl (C=O) groups is 2. The van der Waals surface area contributed by atoms with E-state index in [2.05, 4.69) is 5.32 Å². The molecule has 27 heavy (non-hydrogen) atoms. The van der Waals surface area contributed by atoms with Crippen molar-refractivity contribution in [3.8, 4) is 11.5 Å². The van der Waals surface area contributed by atoms with Crippen molar-refractivity contribution in [3.63, 3.8) is 0 Å². The Morgan fingerprint density at radius 3 is 2.37 bits per heavy atom. The Morgan fingerprint density at radius 2 is 1.74 bits per heavy atom.